The van der Waals surface area contributed by atoms with Crippen molar-refractivity contribution < 1.29 is 9.59 Å². The monoisotopic (exact) mass is 448 g/mol. The van der Waals surface area contributed by atoms with E-state index in [0.29, 0.717) is 15.7 Å². The molecule has 1 heterocycles. The number of anilines is 1. The molecule has 4 nitrogen and oxygen atoms in total. The van der Waals surface area contributed by atoms with E-state index in [1.54, 1.807) is 18.2 Å². The van der Waals surface area contributed by atoms with E-state index in [4.69, 9.17) is 23.2 Å². The average molecular weight is 449 g/mol. The fourth-order valence-corrected chi connectivity index (χ4v) is 5.97. The summed E-state index contributed by atoms with van der Waals surface area (Å²) in [5, 5.41) is 4.04. The van der Waals surface area contributed by atoms with Crippen LogP contribution < -0.4 is 5.32 Å². The largest absolute Gasteiger partial charge is 0.367 e. The van der Waals surface area contributed by atoms with Crippen molar-refractivity contribution in [3.8, 4) is 0 Å². The van der Waals surface area contributed by atoms with Crippen molar-refractivity contribution in [2.24, 2.45) is 11.8 Å². The molecule has 2 amide bonds. The van der Waals surface area contributed by atoms with Gasteiger partial charge in [0.25, 0.3) is 0 Å². The summed E-state index contributed by atoms with van der Waals surface area (Å²) in [5.41, 5.74) is 5.40. The van der Waals surface area contributed by atoms with E-state index in [2.05, 4.69) is 29.6 Å². The molecule has 2 atom stereocenters. The van der Waals surface area contributed by atoms with Gasteiger partial charge in [0.1, 0.15) is 0 Å². The molecule has 0 aromatic heterocycles. The Morgan fingerprint density at radius 2 is 1.19 bits per heavy atom. The highest BCUT2D eigenvalue weighted by atomic mass is 35.5. The fourth-order valence-electron chi connectivity index (χ4n) is 5.67. The quantitative estimate of drug-likeness (QED) is 0.556. The van der Waals surface area contributed by atoms with Crippen LogP contribution in [-0.4, -0.2) is 23.4 Å². The van der Waals surface area contributed by atoms with Crippen LogP contribution in [0, 0.1) is 11.8 Å². The molecule has 1 saturated heterocycles. The van der Waals surface area contributed by atoms with E-state index >= 15 is 0 Å². The Bertz CT molecular complexity index is 1140. The SMILES string of the molecule is O=C1C2C3c4ccccc4C(c4ccccc43)C2C(=O)N1CNc1ccc(Cl)c(Cl)c1. The number of rotatable bonds is 3. The predicted octanol–water partition coefficient (Wildman–Crippen LogP) is 5.26. The highest BCUT2D eigenvalue weighted by molar-refractivity contribution is 6.42. The zero-order valence-corrected chi connectivity index (χ0v) is 17.9. The lowest BCUT2D eigenvalue weighted by molar-refractivity contribution is -0.139. The summed E-state index contributed by atoms with van der Waals surface area (Å²) >= 11 is 12.1. The second-order valence-corrected chi connectivity index (χ2v) is 9.15. The third-order valence-corrected chi connectivity index (χ3v) is 7.64. The summed E-state index contributed by atoms with van der Waals surface area (Å²) < 4.78 is 0. The Kier molecular flexibility index (Phi) is 4.17. The summed E-state index contributed by atoms with van der Waals surface area (Å²) in [7, 11) is 0. The number of hydrogen-bond donors (Lipinski definition) is 1. The molecule has 2 bridgehead atoms. The van der Waals surface area contributed by atoms with Crippen molar-refractivity contribution in [2.45, 2.75) is 11.8 Å². The van der Waals surface area contributed by atoms with E-state index in [0.717, 1.165) is 0 Å². The highest BCUT2D eigenvalue weighted by Crippen LogP contribution is 2.60. The third-order valence-electron chi connectivity index (χ3n) is 6.90. The zero-order chi connectivity index (χ0) is 21.3. The van der Waals surface area contributed by atoms with E-state index < -0.39 is 0 Å². The van der Waals surface area contributed by atoms with Crippen LogP contribution >= 0.6 is 23.2 Å². The Labute approximate surface area is 189 Å². The lowest BCUT2D eigenvalue weighted by Crippen LogP contribution is -2.41. The van der Waals surface area contributed by atoms with Crippen molar-refractivity contribution in [2.75, 3.05) is 12.0 Å². The Hall–Kier alpha value is -2.82. The molecule has 0 saturated carbocycles. The molecule has 1 fully saturated rings. The van der Waals surface area contributed by atoms with Gasteiger partial charge in [-0.1, -0.05) is 71.7 Å². The number of nitrogens with zero attached hydrogens (tertiary/aromatic N) is 1. The number of imide groups is 1. The first-order chi connectivity index (χ1) is 15.1. The van der Waals surface area contributed by atoms with Gasteiger partial charge < -0.3 is 5.32 Å². The van der Waals surface area contributed by atoms with Gasteiger partial charge in [0.2, 0.25) is 11.8 Å². The number of carbonyl (C=O) groups excluding carboxylic acids is 2. The van der Waals surface area contributed by atoms with Crippen LogP contribution in [-0.2, 0) is 9.59 Å². The minimum atomic E-state index is -0.363. The first kappa shape index (κ1) is 18.9. The van der Waals surface area contributed by atoms with Crippen LogP contribution in [0.5, 0.6) is 0 Å². The molecule has 6 heteroatoms. The van der Waals surface area contributed by atoms with Crippen LogP contribution in [0.4, 0.5) is 5.69 Å². The molecule has 3 aromatic rings. The summed E-state index contributed by atoms with van der Waals surface area (Å²) in [6.45, 7) is 0.106. The number of amides is 2. The molecule has 2 unspecified atom stereocenters. The van der Waals surface area contributed by atoms with E-state index in [9.17, 15) is 9.59 Å². The maximum atomic E-state index is 13.5. The van der Waals surface area contributed by atoms with Crippen LogP contribution in [0.3, 0.4) is 0 Å². The maximum Gasteiger partial charge on any atom is 0.235 e. The number of nitrogens with one attached hydrogen (secondary N) is 1. The lowest BCUT2D eigenvalue weighted by Gasteiger charge is -2.45. The number of hydrogen-bond acceptors (Lipinski definition) is 3. The van der Waals surface area contributed by atoms with Gasteiger partial charge in [-0.25, -0.2) is 0 Å². The number of benzene rings is 3. The van der Waals surface area contributed by atoms with Crippen molar-refractivity contribution >= 4 is 40.7 Å². The minimum absolute atomic E-state index is 0.0890. The second-order valence-electron chi connectivity index (χ2n) is 8.33. The molecule has 0 spiro atoms. The molecule has 1 aliphatic heterocycles. The smallest absolute Gasteiger partial charge is 0.235 e. The van der Waals surface area contributed by atoms with Crippen molar-refractivity contribution in [1.29, 1.82) is 0 Å². The van der Waals surface area contributed by atoms with Crippen LogP contribution in [0.15, 0.2) is 66.7 Å². The minimum Gasteiger partial charge on any atom is -0.367 e. The molecule has 154 valence electrons. The molecule has 0 radical (unpaired) electrons. The number of carbonyl (C=O) groups is 2. The Balaban J connectivity index is 1.38. The van der Waals surface area contributed by atoms with Gasteiger partial charge in [0.05, 0.1) is 28.5 Å². The lowest BCUT2D eigenvalue weighted by atomic mass is 9.55. The van der Waals surface area contributed by atoms with Gasteiger partial charge in [-0.3, -0.25) is 14.5 Å². The van der Waals surface area contributed by atoms with E-state index in [-0.39, 0.29) is 42.2 Å². The van der Waals surface area contributed by atoms with Crippen molar-refractivity contribution in [1.82, 2.24) is 4.90 Å². The van der Waals surface area contributed by atoms with Crippen LogP contribution in [0.2, 0.25) is 10.0 Å². The Morgan fingerprint density at radius 1 is 0.710 bits per heavy atom. The Morgan fingerprint density at radius 3 is 1.65 bits per heavy atom. The second kappa shape index (κ2) is 6.84. The highest BCUT2D eigenvalue weighted by Gasteiger charge is 2.61. The average Bonchev–Trinajstić information content (AvgIpc) is 3.05. The van der Waals surface area contributed by atoms with E-state index in [1.807, 2.05) is 24.3 Å². The standard InChI is InChI=1S/C25H18Cl2N2O2/c26-18-10-9-13(11-19(18)27)28-12-29-24(30)22-20-14-5-1-2-6-15(14)21(23(22)25(29)31)17-8-4-3-7-16(17)20/h1-11,20-23,28H,12H2. The number of likely N-dealkylation sites (tertiary alicyclic amines) is 1. The molecular formula is C25H18Cl2N2O2. The zero-order valence-electron chi connectivity index (χ0n) is 16.4. The van der Waals surface area contributed by atoms with Gasteiger partial charge in [-0.2, -0.15) is 0 Å². The summed E-state index contributed by atoms with van der Waals surface area (Å²) in [4.78, 5) is 28.4. The molecule has 3 aliphatic carbocycles. The van der Waals surface area contributed by atoms with Crippen molar-refractivity contribution in [3.05, 3.63) is 99.0 Å². The third kappa shape index (κ3) is 2.61. The summed E-state index contributed by atoms with van der Waals surface area (Å²) in [6, 6.07) is 21.6. The topological polar surface area (TPSA) is 49.4 Å². The molecular weight excluding hydrogens is 431 g/mol. The normalized spacial score (nSPS) is 25.3. The van der Waals surface area contributed by atoms with Gasteiger partial charge >= 0.3 is 0 Å². The summed E-state index contributed by atoms with van der Waals surface area (Å²) in [6.07, 6.45) is 0. The number of halogens is 2. The van der Waals surface area contributed by atoms with Gasteiger partial charge in [0.15, 0.2) is 0 Å². The molecule has 3 aromatic carbocycles. The maximum absolute atomic E-state index is 13.5. The van der Waals surface area contributed by atoms with Crippen LogP contribution in [0.1, 0.15) is 34.1 Å². The molecule has 1 N–H and O–H groups in total. The predicted molar refractivity (Wildman–Crippen MR) is 120 cm³/mol. The molecule has 7 rings (SSSR count). The van der Waals surface area contributed by atoms with Gasteiger partial charge in [-0.05, 0) is 40.5 Å². The first-order valence-electron chi connectivity index (χ1n) is 10.3. The summed E-state index contributed by atoms with van der Waals surface area (Å²) in [5.74, 6) is -1.12. The first-order valence-corrected chi connectivity index (χ1v) is 11.0. The van der Waals surface area contributed by atoms with Crippen molar-refractivity contribution in [3.63, 3.8) is 0 Å². The van der Waals surface area contributed by atoms with Gasteiger partial charge in [-0.15, -0.1) is 0 Å². The van der Waals surface area contributed by atoms with Gasteiger partial charge in [0, 0.05) is 17.5 Å². The van der Waals surface area contributed by atoms with E-state index in [1.165, 1.54) is 27.2 Å². The molecule has 4 aliphatic rings. The van der Waals surface area contributed by atoms with Crippen LogP contribution in [0.25, 0.3) is 0 Å². The molecule has 31 heavy (non-hydrogen) atoms. The fraction of sp³-hybridized carbons (Fsp3) is 0.200.